The van der Waals surface area contributed by atoms with E-state index in [9.17, 15) is 9.59 Å². The Morgan fingerprint density at radius 3 is 2.31 bits per heavy atom. The van der Waals surface area contributed by atoms with E-state index in [4.69, 9.17) is 21.1 Å². The molecule has 13 heavy (non-hydrogen) atoms. The molecule has 3 atom stereocenters. The van der Waals surface area contributed by atoms with Crippen LogP contribution in [0.5, 0.6) is 0 Å². The second-order valence-electron chi connectivity index (χ2n) is 3.29. The quantitative estimate of drug-likeness (QED) is 0.426. The zero-order valence-electron chi connectivity index (χ0n) is 6.80. The summed E-state index contributed by atoms with van der Waals surface area (Å²) < 4.78 is 0. The van der Waals surface area contributed by atoms with Gasteiger partial charge in [0.1, 0.15) is 6.04 Å². The molecule has 6 nitrogen and oxygen atoms in total. The lowest BCUT2D eigenvalue weighted by Crippen LogP contribution is -2.37. The standard InChI is InChI=1S/C7H11NO5/c8-4(5(10)11)3-1-7(3,2-9)6(12)13/h3-4,9H,1-2,8H2,(H,10,11)(H,12,13)/t3-,4-,7+/m0/s1. The summed E-state index contributed by atoms with van der Waals surface area (Å²) in [4.78, 5) is 21.1. The molecule has 0 amide bonds. The van der Waals surface area contributed by atoms with Gasteiger partial charge in [-0.05, 0) is 6.42 Å². The molecular formula is C7H11NO5. The largest absolute Gasteiger partial charge is 0.481 e. The second-order valence-corrected chi connectivity index (χ2v) is 3.29. The first-order valence-electron chi connectivity index (χ1n) is 3.78. The van der Waals surface area contributed by atoms with E-state index in [0.29, 0.717) is 0 Å². The third-order valence-electron chi connectivity index (χ3n) is 2.56. The lowest BCUT2D eigenvalue weighted by Gasteiger charge is -2.10. The second kappa shape index (κ2) is 2.97. The van der Waals surface area contributed by atoms with E-state index >= 15 is 0 Å². The number of hydrogen-bond donors (Lipinski definition) is 4. The number of aliphatic hydroxyl groups excluding tert-OH is 1. The smallest absolute Gasteiger partial charge is 0.320 e. The summed E-state index contributed by atoms with van der Waals surface area (Å²) in [7, 11) is 0. The fourth-order valence-corrected chi connectivity index (χ4v) is 1.47. The zero-order chi connectivity index (χ0) is 10.2. The molecule has 0 aromatic heterocycles. The van der Waals surface area contributed by atoms with Crippen LogP contribution in [-0.4, -0.2) is 39.9 Å². The Morgan fingerprint density at radius 2 is 2.08 bits per heavy atom. The van der Waals surface area contributed by atoms with E-state index < -0.39 is 35.9 Å². The highest BCUT2D eigenvalue weighted by Crippen LogP contribution is 2.53. The van der Waals surface area contributed by atoms with Crippen molar-refractivity contribution in [2.24, 2.45) is 17.1 Å². The third kappa shape index (κ3) is 1.38. The lowest BCUT2D eigenvalue weighted by molar-refractivity contribution is -0.146. The summed E-state index contributed by atoms with van der Waals surface area (Å²) in [6.07, 6.45) is 0.131. The van der Waals surface area contributed by atoms with Gasteiger partial charge in [0.15, 0.2) is 0 Å². The molecule has 0 aliphatic heterocycles. The van der Waals surface area contributed by atoms with Crippen molar-refractivity contribution in [1.82, 2.24) is 0 Å². The summed E-state index contributed by atoms with van der Waals surface area (Å²) >= 11 is 0. The normalized spacial score (nSPS) is 33.8. The minimum Gasteiger partial charge on any atom is -0.481 e. The van der Waals surface area contributed by atoms with Gasteiger partial charge in [0.05, 0.1) is 12.0 Å². The van der Waals surface area contributed by atoms with Crippen LogP contribution in [0.15, 0.2) is 0 Å². The van der Waals surface area contributed by atoms with Crippen LogP contribution in [0.1, 0.15) is 6.42 Å². The Morgan fingerprint density at radius 1 is 1.54 bits per heavy atom. The minimum absolute atomic E-state index is 0.131. The first-order chi connectivity index (χ1) is 5.95. The molecule has 0 bridgehead atoms. The average Bonchev–Trinajstić information content (AvgIpc) is 2.78. The molecule has 0 aromatic rings. The molecule has 0 saturated heterocycles. The number of carboxylic acids is 2. The highest BCUT2D eigenvalue weighted by atomic mass is 16.4. The molecule has 1 saturated carbocycles. The van der Waals surface area contributed by atoms with Gasteiger partial charge in [-0.15, -0.1) is 0 Å². The highest BCUT2D eigenvalue weighted by molar-refractivity contribution is 5.83. The minimum atomic E-state index is -1.32. The van der Waals surface area contributed by atoms with Gasteiger partial charge >= 0.3 is 11.9 Å². The van der Waals surface area contributed by atoms with Gasteiger partial charge in [-0.3, -0.25) is 9.59 Å². The number of hydrogen-bond acceptors (Lipinski definition) is 4. The van der Waals surface area contributed by atoms with Gasteiger partial charge in [-0.25, -0.2) is 0 Å². The first-order valence-corrected chi connectivity index (χ1v) is 3.78. The van der Waals surface area contributed by atoms with Crippen molar-refractivity contribution >= 4 is 11.9 Å². The van der Waals surface area contributed by atoms with Crippen molar-refractivity contribution < 1.29 is 24.9 Å². The predicted molar refractivity (Wildman–Crippen MR) is 40.9 cm³/mol. The van der Waals surface area contributed by atoms with Gasteiger partial charge in [0, 0.05) is 5.92 Å². The van der Waals surface area contributed by atoms with E-state index in [0.717, 1.165) is 0 Å². The number of rotatable bonds is 4. The average molecular weight is 189 g/mol. The summed E-state index contributed by atoms with van der Waals surface area (Å²) in [5, 5.41) is 26.0. The maximum Gasteiger partial charge on any atom is 0.320 e. The van der Waals surface area contributed by atoms with Gasteiger partial charge in [-0.2, -0.15) is 0 Å². The highest BCUT2D eigenvalue weighted by Gasteiger charge is 2.63. The van der Waals surface area contributed by atoms with E-state index in [2.05, 4.69) is 0 Å². The molecule has 0 spiro atoms. The summed E-state index contributed by atoms with van der Waals surface area (Å²) in [6.45, 7) is -0.562. The summed E-state index contributed by atoms with van der Waals surface area (Å²) in [5.41, 5.74) is 3.92. The number of nitrogens with two attached hydrogens (primary N) is 1. The van der Waals surface area contributed by atoms with E-state index in [-0.39, 0.29) is 6.42 Å². The maximum absolute atomic E-state index is 10.6. The molecule has 1 rings (SSSR count). The number of aliphatic hydroxyl groups is 1. The molecule has 1 aliphatic rings. The summed E-state index contributed by atoms with van der Waals surface area (Å²) in [5.74, 6) is -3.08. The molecule has 74 valence electrons. The van der Waals surface area contributed by atoms with Crippen LogP contribution < -0.4 is 5.73 Å². The van der Waals surface area contributed by atoms with Crippen molar-refractivity contribution in [2.75, 3.05) is 6.61 Å². The van der Waals surface area contributed by atoms with E-state index in [1.54, 1.807) is 0 Å². The van der Waals surface area contributed by atoms with Crippen LogP contribution >= 0.6 is 0 Å². The topological polar surface area (TPSA) is 121 Å². The van der Waals surface area contributed by atoms with Crippen molar-refractivity contribution in [3.8, 4) is 0 Å². The van der Waals surface area contributed by atoms with Crippen LogP contribution in [0.2, 0.25) is 0 Å². The Hall–Kier alpha value is -1.14. The number of aliphatic carboxylic acids is 2. The third-order valence-corrected chi connectivity index (χ3v) is 2.56. The monoisotopic (exact) mass is 189 g/mol. The molecule has 1 fully saturated rings. The Bertz CT molecular complexity index is 253. The van der Waals surface area contributed by atoms with Crippen LogP contribution in [0.25, 0.3) is 0 Å². The predicted octanol–water partition coefficient (Wildman–Crippen LogP) is -1.52. The Balaban J connectivity index is 2.70. The van der Waals surface area contributed by atoms with E-state index in [1.165, 1.54) is 0 Å². The van der Waals surface area contributed by atoms with Crippen LogP contribution in [-0.2, 0) is 9.59 Å². The Kier molecular flexibility index (Phi) is 2.27. The first kappa shape index (κ1) is 9.94. The molecule has 1 aliphatic carbocycles. The Labute approximate surface area is 74.0 Å². The van der Waals surface area contributed by atoms with Crippen LogP contribution in [0.4, 0.5) is 0 Å². The number of carbonyl (C=O) groups is 2. The molecule has 0 heterocycles. The fourth-order valence-electron chi connectivity index (χ4n) is 1.47. The van der Waals surface area contributed by atoms with Gasteiger partial charge < -0.3 is 21.1 Å². The van der Waals surface area contributed by atoms with Crippen molar-refractivity contribution in [3.05, 3.63) is 0 Å². The molecule has 0 aromatic carbocycles. The molecule has 6 heteroatoms. The lowest BCUT2D eigenvalue weighted by atomic mass is 10.0. The van der Waals surface area contributed by atoms with Crippen molar-refractivity contribution in [2.45, 2.75) is 12.5 Å². The fraction of sp³-hybridized carbons (Fsp3) is 0.714. The van der Waals surface area contributed by atoms with Gasteiger partial charge in [-0.1, -0.05) is 0 Å². The molecule has 0 radical (unpaired) electrons. The van der Waals surface area contributed by atoms with E-state index in [1.807, 2.05) is 0 Å². The van der Waals surface area contributed by atoms with Gasteiger partial charge in [0.2, 0.25) is 0 Å². The molecular weight excluding hydrogens is 178 g/mol. The molecule has 5 N–H and O–H groups in total. The van der Waals surface area contributed by atoms with Gasteiger partial charge in [0.25, 0.3) is 0 Å². The van der Waals surface area contributed by atoms with Crippen molar-refractivity contribution in [3.63, 3.8) is 0 Å². The zero-order valence-corrected chi connectivity index (χ0v) is 6.80. The van der Waals surface area contributed by atoms with Crippen molar-refractivity contribution in [1.29, 1.82) is 0 Å². The SMILES string of the molecule is N[C@H](C(=O)O)[C@@H]1C[C@]1(CO)C(=O)O. The molecule has 0 unspecified atom stereocenters. The maximum atomic E-state index is 10.6. The number of carboxylic acid groups (broad SMARTS) is 2. The van der Waals surface area contributed by atoms with Crippen LogP contribution in [0, 0.1) is 11.3 Å². The van der Waals surface area contributed by atoms with Crippen LogP contribution in [0.3, 0.4) is 0 Å². The summed E-state index contributed by atoms with van der Waals surface area (Å²) in [6, 6.07) is -1.21.